The van der Waals surface area contributed by atoms with Gasteiger partial charge in [-0.3, -0.25) is 0 Å². The van der Waals surface area contributed by atoms with Crippen molar-refractivity contribution >= 4 is 0 Å². The maximum Gasteiger partial charge on any atom is 1.00 e. The van der Waals surface area contributed by atoms with Gasteiger partial charge in [0.25, 0.3) is 0 Å². The molecule has 4 heteroatoms. The molecule has 40 valence electrons. The molecule has 0 aliphatic carbocycles. The van der Waals surface area contributed by atoms with Crippen LogP contribution in [0.1, 0.15) is 20.8 Å². The molecule has 0 heterocycles. The second-order valence-electron chi connectivity index (χ2n) is 2.11. The molecule has 0 aliphatic rings. The predicted molar refractivity (Wildman–Crippen MR) is 21.7 cm³/mol. The maximum atomic E-state index is 10.1. The van der Waals surface area contributed by atoms with Crippen LogP contribution in [0, 0.1) is 0 Å². The van der Waals surface area contributed by atoms with Crippen molar-refractivity contribution in [3.05, 3.63) is 0 Å². The molecule has 0 aromatic heterocycles. The van der Waals surface area contributed by atoms with Crippen LogP contribution in [-0.2, 0) is 0 Å². The molecule has 0 radical (unpaired) electrons. The average molecular weight is 168 g/mol. The topological polar surface area (TPSA) is 53.1 Å². The number of rotatable bonds is 0. The van der Waals surface area contributed by atoms with Crippen LogP contribution >= 0.6 is 0 Å². The molecule has 0 amide bonds. The normalized spacial score (nSPS) is 7.50. The van der Waals surface area contributed by atoms with Gasteiger partial charge in [0.15, 0.2) is 0 Å². The fourth-order valence-electron chi connectivity index (χ4n) is 0. The summed E-state index contributed by atoms with van der Waals surface area (Å²) < 4.78 is 0. The first-order chi connectivity index (χ1) is 2.00. The molecule has 1 N–H and O–H groups in total. The third-order valence-electron chi connectivity index (χ3n) is 0. The Bertz CT molecular complexity index is 27.5. The molecule has 8 heavy (non-hydrogen) atoms. The third-order valence-corrected chi connectivity index (χ3v) is 0. The summed E-state index contributed by atoms with van der Waals surface area (Å²) in [7, 11) is 0. The van der Waals surface area contributed by atoms with Gasteiger partial charge in [0.05, 0.1) is 0 Å². The van der Waals surface area contributed by atoms with Crippen LogP contribution in [0.25, 0.3) is 0 Å². The molecule has 0 spiro atoms. The summed E-state index contributed by atoms with van der Waals surface area (Å²) in [5.41, 5.74) is -0.750. The van der Waals surface area contributed by atoms with E-state index < -0.39 is 5.60 Å². The molecular weight excluding hydrogens is 158 g/mol. The van der Waals surface area contributed by atoms with Gasteiger partial charge in [-0.05, 0) is 0 Å². The van der Waals surface area contributed by atoms with Crippen molar-refractivity contribution in [1.82, 2.24) is 0 Å². The number of hydrogen-bond donors (Lipinski definition) is 0. The molecule has 0 atom stereocenters. The van der Waals surface area contributed by atoms with Gasteiger partial charge in [-0.2, -0.15) is 0 Å². The second kappa shape index (κ2) is 10.2. The van der Waals surface area contributed by atoms with Gasteiger partial charge in [-0.15, -0.1) is 5.60 Å². The zero-order valence-electron chi connectivity index (χ0n) is 6.36. The SMILES string of the molecule is CC(C)(C)[O-].[K+].[K+].[OH-]. The van der Waals surface area contributed by atoms with Crippen LogP contribution in [0.4, 0.5) is 0 Å². The van der Waals surface area contributed by atoms with Gasteiger partial charge < -0.3 is 10.6 Å². The summed E-state index contributed by atoms with van der Waals surface area (Å²) in [4.78, 5) is 0. The largest absolute Gasteiger partial charge is 1.00 e. The molecule has 0 bridgehead atoms. The Morgan fingerprint density at radius 3 is 1.00 bits per heavy atom. The van der Waals surface area contributed by atoms with Crippen LogP contribution in [0.2, 0.25) is 0 Å². The van der Waals surface area contributed by atoms with E-state index >= 15 is 0 Å². The van der Waals surface area contributed by atoms with Crippen LogP contribution in [-0.4, -0.2) is 11.1 Å². The standard InChI is InChI=1S/C4H9O.2K.H2O/c1-4(2,3)5;;;/h1-3H3;;;1H2/q-1;2*+1;/p-1. The van der Waals surface area contributed by atoms with E-state index in [9.17, 15) is 5.11 Å². The predicted octanol–water partition coefficient (Wildman–Crippen LogP) is -6.02. The summed E-state index contributed by atoms with van der Waals surface area (Å²) in [6.07, 6.45) is 0. The Balaban J connectivity index is -0.0000000267. The molecule has 2 nitrogen and oxygen atoms in total. The summed E-state index contributed by atoms with van der Waals surface area (Å²) in [5.74, 6) is 0. The van der Waals surface area contributed by atoms with Gasteiger partial charge in [-0.25, -0.2) is 0 Å². The van der Waals surface area contributed by atoms with E-state index in [1.165, 1.54) is 0 Å². The fourth-order valence-corrected chi connectivity index (χ4v) is 0. The molecule has 0 fully saturated rings. The van der Waals surface area contributed by atoms with Gasteiger partial charge in [0.1, 0.15) is 0 Å². The minimum Gasteiger partial charge on any atom is -0.870 e. The van der Waals surface area contributed by atoms with Gasteiger partial charge in [-0.1, -0.05) is 20.8 Å². The molecular formula is C4H10K2O2. The molecule has 0 saturated heterocycles. The molecule has 0 aromatic carbocycles. The third kappa shape index (κ3) is 60.5. The summed E-state index contributed by atoms with van der Waals surface area (Å²) in [6, 6.07) is 0. The number of hydrogen-bond acceptors (Lipinski definition) is 2. The van der Waals surface area contributed by atoms with Gasteiger partial charge in [0, 0.05) is 0 Å². The van der Waals surface area contributed by atoms with Crippen LogP contribution < -0.4 is 108 Å². The van der Waals surface area contributed by atoms with Crippen molar-refractivity contribution in [2.24, 2.45) is 0 Å². The maximum absolute atomic E-state index is 10.1. The zero-order valence-corrected chi connectivity index (χ0v) is 12.6. The molecule has 0 aromatic rings. The van der Waals surface area contributed by atoms with Crippen molar-refractivity contribution in [2.75, 3.05) is 0 Å². The molecule has 0 aliphatic heterocycles. The Morgan fingerprint density at radius 2 is 1.00 bits per heavy atom. The van der Waals surface area contributed by atoms with Gasteiger partial charge >= 0.3 is 103 Å². The minimum absolute atomic E-state index is 0. The summed E-state index contributed by atoms with van der Waals surface area (Å²) in [5, 5.41) is 10.1. The van der Waals surface area contributed by atoms with Crippen molar-refractivity contribution in [1.29, 1.82) is 0 Å². The zero-order chi connectivity index (χ0) is 4.50. The Labute approximate surface area is 136 Å². The van der Waals surface area contributed by atoms with Crippen molar-refractivity contribution in [3.8, 4) is 0 Å². The average Bonchev–Trinajstić information content (AvgIpc) is 0.722. The van der Waals surface area contributed by atoms with E-state index in [0.717, 1.165) is 0 Å². The van der Waals surface area contributed by atoms with Crippen molar-refractivity contribution in [3.63, 3.8) is 0 Å². The summed E-state index contributed by atoms with van der Waals surface area (Å²) in [6.45, 7) is 4.90. The first kappa shape index (κ1) is 22.5. The van der Waals surface area contributed by atoms with Crippen LogP contribution in [0.3, 0.4) is 0 Å². The van der Waals surface area contributed by atoms with Gasteiger partial charge in [0.2, 0.25) is 0 Å². The first-order valence-corrected chi connectivity index (χ1v) is 1.70. The molecule has 0 saturated carbocycles. The van der Waals surface area contributed by atoms with E-state index in [0.29, 0.717) is 0 Å². The van der Waals surface area contributed by atoms with Crippen LogP contribution in [0.15, 0.2) is 0 Å². The Morgan fingerprint density at radius 1 is 1.00 bits per heavy atom. The minimum atomic E-state index is -0.750. The van der Waals surface area contributed by atoms with E-state index in [4.69, 9.17) is 0 Å². The second-order valence-corrected chi connectivity index (χ2v) is 2.11. The van der Waals surface area contributed by atoms with Crippen LogP contribution in [0.5, 0.6) is 0 Å². The van der Waals surface area contributed by atoms with E-state index in [1.807, 2.05) is 0 Å². The monoisotopic (exact) mass is 168 g/mol. The molecule has 0 rings (SSSR count). The van der Waals surface area contributed by atoms with E-state index in [-0.39, 0.29) is 108 Å². The smallest absolute Gasteiger partial charge is 0.870 e. The summed E-state index contributed by atoms with van der Waals surface area (Å²) >= 11 is 0. The van der Waals surface area contributed by atoms with Crippen molar-refractivity contribution < 1.29 is 113 Å². The first-order valence-electron chi connectivity index (χ1n) is 1.70. The van der Waals surface area contributed by atoms with E-state index in [1.54, 1.807) is 20.8 Å². The van der Waals surface area contributed by atoms with Crippen molar-refractivity contribution in [2.45, 2.75) is 26.4 Å². The van der Waals surface area contributed by atoms with E-state index in [2.05, 4.69) is 0 Å². The quantitative estimate of drug-likeness (QED) is 0.338. The Hall–Kier alpha value is 3.19. The molecule has 0 unspecified atom stereocenters. The Kier molecular flexibility index (Phi) is 28.6. The fraction of sp³-hybridized carbons (Fsp3) is 1.00.